The Morgan fingerprint density at radius 2 is 1.67 bits per heavy atom. The largest absolute Gasteiger partial charge is 0.481 e. The molecule has 0 saturated heterocycles. The van der Waals surface area contributed by atoms with Crippen molar-refractivity contribution in [3.8, 4) is 0 Å². The maximum absolute atomic E-state index is 12.2. The Bertz CT molecular complexity index is 765. The van der Waals surface area contributed by atoms with E-state index in [9.17, 15) is 21.6 Å². The molecule has 0 aliphatic heterocycles. The van der Waals surface area contributed by atoms with E-state index < -0.39 is 25.8 Å². The molecule has 1 aromatic rings. The molecule has 1 aromatic carbocycles. The highest BCUT2D eigenvalue weighted by molar-refractivity contribution is 7.91. The Morgan fingerprint density at radius 3 is 2.14 bits per heavy atom. The third kappa shape index (κ3) is 4.51. The molecule has 118 valence electrons. The number of aryl methyl sites for hydroxylation is 1. The lowest BCUT2D eigenvalue weighted by molar-refractivity contribution is -0.136. The Labute approximate surface area is 124 Å². The molecule has 0 aliphatic carbocycles. The Hall–Kier alpha value is -1.45. The summed E-state index contributed by atoms with van der Waals surface area (Å²) in [5.41, 5.74) is 0.602. The molecular formula is C12H17NO6S2. The van der Waals surface area contributed by atoms with Crippen LogP contribution in [0, 0.1) is 13.8 Å². The molecule has 7 nitrogen and oxygen atoms in total. The second kappa shape index (κ2) is 6.12. The van der Waals surface area contributed by atoms with Gasteiger partial charge in [0.1, 0.15) is 0 Å². The molecule has 21 heavy (non-hydrogen) atoms. The summed E-state index contributed by atoms with van der Waals surface area (Å²) in [5, 5.41) is 8.52. The smallest absolute Gasteiger partial charge is 0.304 e. The molecule has 0 amide bonds. The second-order valence-electron chi connectivity index (χ2n) is 4.70. The lowest BCUT2D eigenvalue weighted by atomic mass is 10.2. The molecule has 0 spiro atoms. The summed E-state index contributed by atoms with van der Waals surface area (Å²) >= 11 is 0. The van der Waals surface area contributed by atoms with E-state index in [1.54, 1.807) is 6.92 Å². The molecular weight excluding hydrogens is 318 g/mol. The summed E-state index contributed by atoms with van der Waals surface area (Å²) in [6, 6.07) is 2.76. The van der Waals surface area contributed by atoms with Gasteiger partial charge in [0, 0.05) is 12.8 Å². The van der Waals surface area contributed by atoms with Gasteiger partial charge in [0.2, 0.25) is 10.0 Å². The fourth-order valence-electron chi connectivity index (χ4n) is 1.83. The lowest BCUT2D eigenvalue weighted by Crippen LogP contribution is -2.27. The molecule has 0 radical (unpaired) electrons. The maximum Gasteiger partial charge on any atom is 0.304 e. The van der Waals surface area contributed by atoms with Crippen molar-refractivity contribution < 1.29 is 26.7 Å². The Balaban J connectivity index is 3.31. The molecule has 9 heteroatoms. The van der Waals surface area contributed by atoms with Gasteiger partial charge in [-0.15, -0.1) is 0 Å². The molecule has 2 N–H and O–H groups in total. The number of sulfone groups is 1. The summed E-state index contributed by atoms with van der Waals surface area (Å²) in [6.45, 7) is 2.73. The van der Waals surface area contributed by atoms with Crippen LogP contribution in [0.25, 0.3) is 0 Å². The number of benzene rings is 1. The number of carboxylic acids is 1. The van der Waals surface area contributed by atoms with E-state index >= 15 is 0 Å². The molecule has 0 saturated carbocycles. The average molecular weight is 335 g/mol. The van der Waals surface area contributed by atoms with Gasteiger partial charge in [-0.1, -0.05) is 0 Å². The second-order valence-corrected chi connectivity index (χ2v) is 8.42. The van der Waals surface area contributed by atoms with E-state index in [4.69, 9.17) is 5.11 Å². The molecule has 0 heterocycles. The van der Waals surface area contributed by atoms with Crippen molar-refractivity contribution in [2.45, 2.75) is 30.1 Å². The van der Waals surface area contributed by atoms with Crippen LogP contribution >= 0.6 is 0 Å². The van der Waals surface area contributed by atoms with Gasteiger partial charge in [-0.25, -0.2) is 21.6 Å². The first-order chi connectivity index (χ1) is 9.45. The van der Waals surface area contributed by atoms with Crippen LogP contribution in [0.2, 0.25) is 0 Å². The van der Waals surface area contributed by atoms with Crippen LogP contribution in [0.3, 0.4) is 0 Å². The zero-order valence-corrected chi connectivity index (χ0v) is 13.5. The monoisotopic (exact) mass is 335 g/mol. The van der Waals surface area contributed by atoms with E-state index in [1.165, 1.54) is 19.1 Å². The number of sulfonamides is 1. The van der Waals surface area contributed by atoms with Gasteiger partial charge >= 0.3 is 5.97 Å². The van der Waals surface area contributed by atoms with Gasteiger partial charge in [-0.05, 0) is 37.1 Å². The summed E-state index contributed by atoms with van der Waals surface area (Å²) in [6.07, 6.45) is 0.645. The predicted octanol–water partition coefficient (Wildman–Crippen LogP) is 0.460. The number of carbonyl (C=O) groups is 1. The number of hydrogen-bond donors (Lipinski definition) is 2. The third-order valence-electron chi connectivity index (χ3n) is 2.78. The zero-order valence-electron chi connectivity index (χ0n) is 11.9. The van der Waals surface area contributed by atoms with E-state index in [-0.39, 0.29) is 28.3 Å². The molecule has 0 aliphatic rings. The maximum atomic E-state index is 12.2. The fourth-order valence-corrected chi connectivity index (χ4v) is 4.34. The summed E-state index contributed by atoms with van der Waals surface area (Å²) in [4.78, 5) is 10.2. The van der Waals surface area contributed by atoms with Crippen LogP contribution in [0.5, 0.6) is 0 Å². The molecule has 0 unspecified atom stereocenters. The van der Waals surface area contributed by atoms with Crippen LogP contribution in [0.1, 0.15) is 17.5 Å². The first-order valence-corrected chi connectivity index (χ1v) is 9.35. The first-order valence-electron chi connectivity index (χ1n) is 5.98. The number of carboxylic acid groups (broad SMARTS) is 1. The Morgan fingerprint density at radius 1 is 1.14 bits per heavy atom. The quantitative estimate of drug-likeness (QED) is 0.780. The molecule has 0 fully saturated rings. The zero-order chi connectivity index (χ0) is 16.4. The van der Waals surface area contributed by atoms with Crippen LogP contribution < -0.4 is 4.72 Å². The SMILES string of the molecule is Cc1cc(S(C)(=O)=O)c(C)c(S(=O)(=O)NCCC(=O)O)c1. The van der Waals surface area contributed by atoms with E-state index in [1.807, 2.05) is 0 Å². The van der Waals surface area contributed by atoms with Crippen LogP contribution in [-0.4, -0.2) is 40.7 Å². The van der Waals surface area contributed by atoms with Gasteiger partial charge in [0.05, 0.1) is 16.2 Å². The van der Waals surface area contributed by atoms with Gasteiger partial charge in [-0.2, -0.15) is 0 Å². The third-order valence-corrected chi connectivity index (χ3v) is 5.59. The molecule has 0 bridgehead atoms. The topological polar surface area (TPSA) is 118 Å². The minimum Gasteiger partial charge on any atom is -0.481 e. The van der Waals surface area contributed by atoms with Crippen molar-refractivity contribution in [2.24, 2.45) is 0 Å². The van der Waals surface area contributed by atoms with Crippen molar-refractivity contribution in [1.29, 1.82) is 0 Å². The molecule has 0 atom stereocenters. The average Bonchev–Trinajstić information content (AvgIpc) is 2.29. The number of aliphatic carboxylic acids is 1. The van der Waals surface area contributed by atoms with Crippen molar-refractivity contribution in [3.63, 3.8) is 0 Å². The summed E-state index contributed by atoms with van der Waals surface area (Å²) < 4.78 is 49.9. The first kappa shape index (κ1) is 17.6. The number of nitrogens with one attached hydrogen (secondary N) is 1. The van der Waals surface area contributed by atoms with Gasteiger partial charge in [-0.3, -0.25) is 4.79 Å². The molecule has 0 aromatic heterocycles. The summed E-state index contributed by atoms with van der Waals surface area (Å²) in [7, 11) is -7.53. The minimum atomic E-state index is -3.97. The Kier molecular flexibility index (Phi) is 5.13. The number of hydrogen-bond acceptors (Lipinski definition) is 5. The van der Waals surface area contributed by atoms with E-state index in [2.05, 4.69) is 4.72 Å². The van der Waals surface area contributed by atoms with Crippen molar-refractivity contribution in [1.82, 2.24) is 4.72 Å². The van der Waals surface area contributed by atoms with Crippen molar-refractivity contribution >= 4 is 25.8 Å². The van der Waals surface area contributed by atoms with Gasteiger partial charge in [0.25, 0.3) is 0 Å². The minimum absolute atomic E-state index is 0.0545. The standard InChI is InChI=1S/C12H17NO6S2/c1-8-6-10(20(3,16)17)9(2)11(7-8)21(18,19)13-5-4-12(14)15/h6-7,13H,4-5H2,1-3H3,(H,14,15). The van der Waals surface area contributed by atoms with Crippen molar-refractivity contribution in [3.05, 3.63) is 23.3 Å². The van der Waals surface area contributed by atoms with Crippen LogP contribution in [-0.2, 0) is 24.7 Å². The van der Waals surface area contributed by atoms with Crippen molar-refractivity contribution in [2.75, 3.05) is 12.8 Å². The molecule has 1 rings (SSSR count). The normalized spacial score (nSPS) is 12.3. The van der Waals surface area contributed by atoms with E-state index in [0.29, 0.717) is 5.56 Å². The van der Waals surface area contributed by atoms with E-state index in [0.717, 1.165) is 6.26 Å². The van der Waals surface area contributed by atoms with Gasteiger partial charge in [0.15, 0.2) is 9.84 Å². The van der Waals surface area contributed by atoms with Crippen LogP contribution in [0.4, 0.5) is 0 Å². The van der Waals surface area contributed by atoms with Gasteiger partial charge < -0.3 is 5.11 Å². The predicted molar refractivity (Wildman–Crippen MR) is 76.5 cm³/mol. The fraction of sp³-hybridized carbons (Fsp3) is 0.417. The van der Waals surface area contributed by atoms with Crippen LogP contribution in [0.15, 0.2) is 21.9 Å². The lowest BCUT2D eigenvalue weighted by Gasteiger charge is -2.13. The highest BCUT2D eigenvalue weighted by atomic mass is 32.2. The number of rotatable bonds is 6. The summed E-state index contributed by atoms with van der Waals surface area (Å²) in [5.74, 6) is -1.13. The highest BCUT2D eigenvalue weighted by Crippen LogP contribution is 2.24. The highest BCUT2D eigenvalue weighted by Gasteiger charge is 2.22.